The fourth-order valence-electron chi connectivity index (χ4n) is 3.13. The van der Waals surface area contributed by atoms with Crippen LogP contribution in [0.2, 0.25) is 0 Å². The van der Waals surface area contributed by atoms with E-state index in [4.69, 9.17) is 4.74 Å². The number of carbonyl (C=O) groups is 1. The van der Waals surface area contributed by atoms with E-state index < -0.39 is 5.60 Å². The lowest BCUT2D eigenvalue weighted by Gasteiger charge is -2.35. The smallest absolute Gasteiger partial charge is 0.410 e. The third-order valence-electron chi connectivity index (χ3n) is 4.46. The highest BCUT2D eigenvalue weighted by atomic mass is 16.6. The molecule has 2 saturated heterocycles. The van der Waals surface area contributed by atoms with Gasteiger partial charge in [0.15, 0.2) is 0 Å². The van der Waals surface area contributed by atoms with Gasteiger partial charge in [-0.25, -0.2) is 4.79 Å². The summed E-state index contributed by atoms with van der Waals surface area (Å²) in [6.45, 7) is 13.5. The first kappa shape index (κ1) is 18.5. The van der Waals surface area contributed by atoms with Crippen molar-refractivity contribution >= 4 is 6.09 Å². The average Bonchev–Trinajstić information content (AvgIpc) is 2.75. The van der Waals surface area contributed by atoms with Crippen molar-refractivity contribution in [1.82, 2.24) is 20.4 Å². The standard InChI is InChI=1S/C17H34N4O2/c1-17(2,3)23-16(22)21-13-11-20(12-14-21)10-9-19-15-5-4-7-18-8-6-15/h15,18-19H,4-14H2,1-3H3. The second kappa shape index (κ2) is 8.85. The summed E-state index contributed by atoms with van der Waals surface area (Å²) in [4.78, 5) is 16.3. The van der Waals surface area contributed by atoms with Crippen molar-refractivity contribution < 1.29 is 9.53 Å². The van der Waals surface area contributed by atoms with E-state index in [0.717, 1.165) is 52.4 Å². The zero-order chi connectivity index (χ0) is 16.7. The van der Waals surface area contributed by atoms with Gasteiger partial charge >= 0.3 is 6.09 Å². The maximum Gasteiger partial charge on any atom is 0.410 e. The summed E-state index contributed by atoms with van der Waals surface area (Å²) >= 11 is 0. The van der Waals surface area contributed by atoms with Crippen LogP contribution in [0.15, 0.2) is 0 Å². The molecule has 0 bridgehead atoms. The van der Waals surface area contributed by atoms with Crippen molar-refractivity contribution in [1.29, 1.82) is 0 Å². The Morgan fingerprint density at radius 3 is 2.61 bits per heavy atom. The van der Waals surface area contributed by atoms with Gasteiger partial charge in [0.25, 0.3) is 0 Å². The van der Waals surface area contributed by atoms with Crippen LogP contribution in [0, 0.1) is 0 Å². The summed E-state index contributed by atoms with van der Waals surface area (Å²) in [7, 11) is 0. The Morgan fingerprint density at radius 1 is 1.17 bits per heavy atom. The highest BCUT2D eigenvalue weighted by molar-refractivity contribution is 5.68. The lowest BCUT2D eigenvalue weighted by molar-refractivity contribution is 0.0146. The molecule has 0 spiro atoms. The molecule has 2 N–H and O–H groups in total. The lowest BCUT2D eigenvalue weighted by Crippen LogP contribution is -2.51. The second-order valence-electron chi connectivity index (χ2n) is 7.64. The van der Waals surface area contributed by atoms with Crippen molar-refractivity contribution in [2.24, 2.45) is 0 Å². The number of ether oxygens (including phenoxy) is 1. The van der Waals surface area contributed by atoms with E-state index in [-0.39, 0.29) is 6.09 Å². The van der Waals surface area contributed by atoms with Crippen LogP contribution in [0.4, 0.5) is 4.79 Å². The predicted octanol–water partition coefficient (Wildman–Crippen LogP) is 1.27. The molecule has 134 valence electrons. The molecule has 2 rings (SSSR count). The third-order valence-corrected chi connectivity index (χ3v) is 4.46. The Kier molecular flexibility index (Phi) is 7.11. The molecule has 2 aliphatic heterocycles. The number of amides is 1. The second-order valence-corrected chi connectivity index (χ2v) is 7.64. The molecule has 0 aromatic heterocycles. The van der Waals surface area contributed by atoms with Crippen LogP contribution < -0.4 is 10.6 Å². The largest absolute Gasteiger partial charge is 0.444 e. The molecular formula is C17H34N4O2. The highest BCUT2D eigenvalue weighted by Gasteiger charge is 2.25. The van der Waals surface area contributed by atoms with E-state index >= 15 is 0 Å². The van der Waals surface area contributed by atoms with Gasteiger partial charge in [-0.15, -0.1) is 0 Å². The van der Waals surface area contributed by atoms with Gasteiger partial charge in [-0.2, -0.15) is 0 Å². The van der Waals surface area contributed by atoms with Gasteiger partial charge < -0.3 is 20.3 Å². The van der Waals surface area contributed by atoms with Crippen molar-refractivity contribution in [3.63, 3.8) is 0 Å². The van der Waals surface area contributed by atoms with Gasteiger partial charge in [0, 0.05) is 45.3 Å². The van der Waals surface area contributed by atoms with Gasteiger partial charge in [-0.1, -0.05) is 0 Å². The number of piperazine rings is 1. The first-order chi connectivity index (χ1) is 10.9. The number of carbonyl (C=O) groups excluding carboxylic acids is 1. The summed E-state index contributed by atoms with van der Waals surface area (Å²) in [5.74, 6) is 0. The van der Waals surface area contributed by atoms with E-state index in [1.807, 2.05) is 25.7 Å². The van der Waals surface area contributed by atoms with Gasteiger partial charge in [0.05, 0.1) is 0 Å². The molecule has 2 fully saturated rings. The van der Waals surface area contributed by atoms with Gasteiger partial charge in [0.1, 0.15) is 5.60 Å². The molecule has 0 aromatic carbocycles. The Balaban J connectivity index is 1.60. The summed E-state index contributed by atoms with van der Waals surface area (Å²) in [6.07, 6.45) is 3.60. The molecule has 2 heterocycles. The van der Waals surface area contributed by atoms with Gasteiger partial charge in [0.2, 0.25) is 0 Å². The third kappa shape index (κ3) is 7.06. The van der Waals surface area contributed by atoms with Crippen molar-refractivity contribution in [2.45, 2.75) is 51.7 Å². The van der Waals surface area contributed by atoms with Gasteiger partial charge in [-0.3, -0.25) is 4.90 Å². The van der Waals surface area contributed by atoms with Crippen LogP contribution in [0.25, 0.3) is 0 Å². The molecule has 1 unspecified atom stereocenters. The van der Waals surface area contributed by atoms with Crippen LogP contribution >= 0.6 is 0 Å². The van der Waals surface area contributed by atoms with E-state index in [9.17, 15) is 4.79 Å². The molecule has 23 heavy (non-hydrogen) atoms. The predicted molar refractivity (Wildman–Crippen MR) is 92.8 cm³/mol. The number of hydrogen-bond acceptors (Lipinski definition) is 5. The fourth-order valence-corrected chi connectivity index (χ4v) is 3.13. The quantitative estimate of drug-likeness (QED) is 0.815. The van der Waals surface area contributed by atoms with Crippen LogP contribution in [-0.4, -0.2) is 79.9 Å². The maximum absolute atomic E-state index is 12.0. The molecule has 1 atom stereocenters. The van der Waals surface area contributed by atoms with Crippen LogP contribution in [-0.2, 0) is 4.74 Å². The number of rotatable bonds is 4. The Morgan fingerprint density at radius 2 is 1.91 bits per heavy atom. The molecule has 0 aliphatic carbocycles. The average molecular weight is 326 g/mol. The van der Waals surface area contributed by atoms with Crippen LogP contribution in [0.1, 0.15) is 40.0 Å². The molecule has 1 amide bonds. The minimum atomic E-state index is -0.411. The maximum atomic E-state index is 12.0. The summed E-state index contributed by atoms with van der Waals surface area (Å²) in [5.41, 5.74) is -0.411. The Hall–Kier alpha value is -0.850. The zero-order valence-electron chi connectivity index (χ0n) is 15.1. The fraction of sp³-hybridized carbons (Fsp3) is 0.941. The summed E-state index contributed by atoms with van der Waals surface area (Å²) in [6, 6.07) is 0.660. The highest BCUT2D eigenvalue weighted by Crippen LogP contribution is 2.11. The molecule has 2 aliphatic rings. The monoisotopic (exact) mass is 326 g/mol. The minimum Gasteiger partial charge on any atom is -0.444 e. The first-order valence-electron chi connectivity index (χ1n) is 9.08. The number of nitrogens with one attached hydrogen (secondary N) is 2. The van der Waals surface area contributed by atoms with E-state index in [0.29, 0.717) is 6.04 Å². The lowest BCUT2D eigenvalue weighted by atomic mass is 10.1. The Bertz CT molecular complexity index is 354. The molecule has 0 aromatic rings. The van der Waals surface area contributed by atoms with E-state index in [2.05, 4.69) is 15.5 Å². The first-order valence-corrected chi connectivity index (χ1v) is 9.08. The number of nitrogens with zero attached hydrogens (tertiary/aromatic N) is 2. The SMILES string of the molecule is CC(C)(C)OC(=O)N1CCN(CCNC2CCCNCC2)CC1. The van der Waals surface area contributed by atoms with Gasteiger partial charge in [-0.05, 0) is 53.1 Å². The normalized spacial score (nSPS) is 24.3. The minimum absolute atomic E-state index is 0.179. The molecule has 0 radical (unpaired) electrons. The van der Waals surface area contributed by atoms with E-state index in [1.165, 1.54) is 19.3 Å². The van der Waals surface area contributed by atoms with Crippen LogP contribution in [0.5, 0.6) is 0 Å². The molecular weight excluding hydrogens is 292 g/mol. The topological polar surface area (TPSA) is 56.8 Å². The van der Waals surface area contributed by atoms with Crippen LogP contribution in [0.3, 0.4) is 0 Å². The van der Waals surface area contributed by atoms with Crippen molar-refractivity contribution in [3.8, 4) is 0 Å². The summed E-state index contributed by atoms with van der Waals surface area (Å²) in [5, 5.41) is 7.14. The number of hydrogen-bond donors (Lipinski definition) is 2. The zero-order valence-corrected chi connectivity index (χ0v) is 15.1. The molecule has 0 saturated carbocycles. The summed E-state index contributed by atoms with van der Waals surface area (Å²) < 4.78 is 5.43. The molecule has 6 nitrogen and oxygen atoms in total. The van der Waals surface area contributed by atoms with Crippen molar-refractivity contribution in [2.75, 3.05) is 52.4 Å². The van der Waals surface area contributed by atoms with Crippen molar-refractivity contribution in [3.05, 3.63) is 0 Å². The van der Waals surface area contributed by atoms with E-state index in [1.54, 1.807) is 0 Å². The molecule has 6 heteroatoms. The Labute approximate surface area is 140 Å².